The molecule has 1 aromatic carbocycles. The van der Waals surface area contributed by atoms with Crippen molar-refractivity contribution >= 4 is 39.4 Å². The summed E-state index contributed by atoms with van der Waals surface area (Å²) in [5.41, 5.74) is 1.74. The van der Waals surface area contributed by atoms with Gasteiger partial charge in [0.2, 0.25) is 5.91 Å². The molecule has 2 aromatic rings. The van der Waals surface area contributed by atoms with Crippen LogP contribution in [0.3, 0.4) is 0 Å². The molecular weight excluding hydrogens is 334 g/mol. The SMILES string of the molecule is COc1ccc(-c2csc(NC(=O)CN3CCSC3=O)n2)cc1. The number of carbonyl (C=O) groups excluding carboxylic acids is 2. The van der Waals surface area contributed by atoms with Crippen molar-refractivity contribution in [1.82, 2.24) is 9.88 Å². The number of thiazole rings is 1. The van der Waals surface area contributed by atoms with Crippen LogP contribution in [0.15, 0.2) is 29.6 Å². The summed E-state index contributed by atoms with van der Waals surface area (Å²) in [4.78, 5) is 29.4. The summed E-state index contributed by atoms with van der Waals surface area (Å²) in [7, 11) is 1.62. The smallest absolute Gasteiger partial charge is 0.282 e. The largest absolute Gasteiger partial charge is 0.497 e. The van der Waals surface area contributed by atoms with Crippen LogP contribution in [0.2, 0.25) is 0 Å². The first-order valence-corrected chi connectivity index (χ1v) is 8.84. The monoisotopic (exact) mass is 349 g/mol. The molecule has 0 unspecified atom stereocenters. The average Bonchev–Trinajstić information content (AvgIpc) is 3.17. The van der Waals surface area contributed by atoms with E-state index in [4.69, 9.17) is 4.74 Å². The third-order valence-electron chi connectivity index (χ3n) is 3.32. The number of ether oxygens (including phenoxy) is 1. The van der Waals surface area contributed by atoms with Crippen molar-refractivity contribution in [3.63, 3.8) is 0 Å². The Morgan fingerprint density at radius 3 is 2.83 bits per heavy atom. The van der Waals surface area contributed by atoms with E-state index in [0.717, 1.165) is 22.8 Å². The Labute approximate surface area is 141 Å². The number of methoxy groups -OCH3 is 1. The molecule has 120 valence electrons. The van der Waals surface area contributed by atoms with Gasteiger partial charge in [0.05, 0.1) is 12.8 Å². The number of nitrogens with one attached hydrogen (secondary N) is 1. The van der Waals surface area contributed by atoms with Gasteiger partial charge in [0.15, 0.2) is 5.13 Å². The quantitative estimate of drug-likeness (QED) is 0.899. The summed E-state index contributed by atoms with van der Waals surface area (Å²) in [5.74, 6) is 1.30. The van der Waals surface area contributed by atoms with Gasteiger partial charge < -0.3 is 15.0 Å². The minimum Gasteiger partial charge on any atom is -0.497 e. The zero-order chi connectivity index (χ0) is 16.2. The number of nitrogens with zero attached hydrogens (tertiary/aromatic N) is 2. The number of hydrogen-bond donors (Lipinski definition) is 1. The van der Waals surface area contributed by atoms with E-state index in [1.807, 2.05) is 29.6 Å². The predicted octanol–water partition coefficient (Wildman–Crippen LogP) is 2.93. The average molecular weight is 349 g/mol. The maximum absolute atomic E-state index is 12.0. The molecule has 1 N–H and O–H groups in total. The second kappa shape index (κ2) is 7.01. The second-order valence-electron chi connectivity index (χ2n) is 4.85. The summed E-state index contributed by atoms with van der Waals surface area (Å²) in [5, 5.41) is 5.11. The second-order valence-corrected chi connectivity index (χ2v) is 6.75. The Kier molecular flexibility index (Phi) is 4.82. The molecule has 2 amide bonds. The van der Waals surface area contributed by atoms with E-state index >= 15 is 0 Å². The Balaban J connectivity index is 1.62. The van der Waals surface area contributed by atoms with E-state index in [2.05, 4.69) is 10.3 Å². The number of carbonyl (C=O) groups is 2. The van der Waals surface area contributed by atoms with Gasteiger partial charge in [0.25, 0.3) is 5.24 Å². The van der Waals surface area contributed by atoms with Crippen LogP contribution in [0.1, 0.15) is 0 Å². The third-order valence-corrected chi connectivity index (χ3v) is 4.97. The van der Waals surface area contributed by atoms with Crippen molar-refractivity contribution in [2.45, 2.75) is 0 Å². The van der Waals surface area contributed by atoms with Crippen molar-refractivity contribution in [3.05, 3.63) is 29.6 Å². The summed E-state index contributed by atoms with van der Waals surface area (Å²) >= 11 is 2.60. The fourth-order valence-corrected chi connectivity index (χ4v) is 3.69. The Bertz CT molecular complexity index is 715. The predicted molar refractivity (Wildman–Crippen MR) is 92.2 cm³/mol. The summed E-state index contributed by atoms with van der Waals surface area (Å²) in [6.07, 6.45) is 0. The van der Waals surface area contributed by atoms with E-state index in [1.165, 1.54) is 28.0 Å². The molecule has 3 rings (SSSR count). The van der Waals surface area contributed by atoms with Gasteiger partial charge in [-0.15, -0.1) is 11.3 Å². The molecule has 0 saturated carbocycles. The van der Waals surface area contributed by atoms with Crippen LogP contribution < -0.4 is 10.1 Å². The zero-order valence-electron chi connectivity index (χ0n) is 12.4. The Morgan fingerprint density at radius 1 is 1.39 bits per heavy atom. The minimum atomic E-state index is -0.225. The number of rotatable bonds is 5. The molecule has 8 heteroatoms. The van der Waals surface area contributed by atoms with E-state index in [1.54, 1.807) is 7.11 Å². The van der Waals surface area contributed by atoms with Crippen molar-refractivity contribution < 1.29 is 14.3 Å². The van der Waals surface area contributed by atoms with Crippen LogP contribution in [0.25, 0.3) is 11.3 Å². The van der Waals surface area contributed by atoms with Gasteiger partial charge in [0, 0.05) is 23.2 Å². The molecule has 23 heavy (non-hydrogen) atoms. The lowest BCUT2D eigenvalue weighted by Gasteiger charge is -2.12. The fraction of sp³-hybridized carbons (Fsp3) is 0.267. The van der Waals surface area contributed by atoms with Crippen LogP contribution in [-0.2, 0) is 4.79 Å². The zero-order valence-corrected chi connectivity index (χ0v) is 14.1. The van der Waals surface area contributed by atoms with Crippen LogP contribution in [0, 0.1) is 0 Å². The van der Waals surface area contributed by atoms with E-state index < -0.39 is 0 Å². The Hall–Kier alpha value is -2.06. The highest BCUT2D eigenvalue weighted by Gasteiger charge is 2.23. The van der Waals surface area contributed by atoms with E-state index in [9.17, 15) is 9.59 Å². The molecule has 0 aliphatic carbocycles. The highest BCUT2D eigenvalue weighted by Crippen LogP contribution is 2.26. The van der Waals surface area contributed by atoms with Crippen LogP contribution in [-0.4, -0.2) is 47.0 Å². The lowest BCUT2D eigenvalue weighted by Crippen LogP contribution is -2.33. The number of thioether (sulfide) groups is 1. The van der Waals surface area contributed by atoms with E-state index in [0.29, 0.717) is 11.7 Å². The molecule has 1 saturated heterocycles. The summed E-state index contributed by atoms with van der Waals surface area (Å²) in [6.45, 7) is 0.690. The van der Waals surface area contributed by atoms with Gasteiger partial charge >= 0.3 is 0 Å². The minimum absolute atomic E-state index is 0.0433. The molecule has 2 heterocycles. The normalized spacial score (nSPS) is 14.1. The van der Waals surface area contributed by atoms with E-state index in [-0.39, 0.29) is 17.7 Å². The van der Waals surface area contributed by atoms with Gasteiger partial charge in [-0.3, -0.25) is 9.59 Å². The van der Waals surface area contributed by atoms with Crippen molar-refractivity contribution in [2.24, 2.45) is 0 Å². The molecule has 1 aliphatic rings. The van der Waals surface area contributed by atoms with Gasteiger partial charge in [-0.2, -0.15) is 0 Å². The first kappa shape index (κ1) is 15.8. The van der Waals surface area contributed by atoms with Crippen LogP contribution in [0.4, 0.5) is 9.93 Å². The molecule has 0 radical (unpaired) electrons. The van der Waals surface area contributed by atoms with Crippen LogP contribution >= 0.6 is 23.1 Å². The molecule has 1 aromatic heterocycles. The molecule has 0 atom stereocenters. The topological polar surface area (TPSA) is 71.5 Å². The Morgan fingerprint density at radius 2 is 2.17 bits per heavy atom. The van der Waals surface area contributed by atoms with Gasteiger partial charge in [-0.1, -0.05) is 11.8 Å². The number of benzene rings is 1. The number of aromatic nitrogens is 1. The van der Waals surface area contributed by atoms with Crippen LogP contribution in [0.5, 0.6) is 5.75 Å². The standard InChI is InChI=1S/C15H15N3O3S2/c1-21-11-4-2-10(3-5-11)12-9-23-14(16-12)17-13(19)8-18-6-7-22-15(18)20/h2-5,9H,6-8H2,1H3,(H,16,17,19). The van der Waals surface area contributed by atoms with Gasteiger partial charge in [-0.05, 0) is 24.3 Å². The highest BCUT2D eigenvalue weighted by atomic mass is 32.2. The lowest BCUT2D eigenvalue weighted by atomic mass is 10.2. The number of anilines is 1. The molecule has 6 nitrogen and oxygen atoms in total. The number of amides is 2. The first-order valence-electron chi connectivity index (χ1n) is 6.97. The maximum Gasteiger partial charge on any atom is 0.282 e. The van der Waals surface area contributed by atoms with Crippen molar-refractivity contribution in [2.75, 3.05) is 31.3 Å². The highest BCUT2D eigenvalue weighted by molar-refractivity contribution is 8.13. The molecule has 1 fully saturated rings. The fourth-order valence-electron chi connectivity index (χ4n) is 2.13. The van der Waals surface area contributed by atoms with Gasteiger partial charge in [0.1, 0.15) is 12.3 Å². The lowest BCUT2D eigenvalue weighted by molar-refractivity contribution is -0.116. The number of hydrogen-bond acceptors (Lipinski definition) is 6. The summed E-state index contributed by atoms with van der Waals surface area (Å²) in [6, 6.07) is 7.56. The summed E-state index contributed by atoms with van der Waals surface area (Å²) < 4.78 is 5.13. The van der Waals surface area contributed by atoms with Crippen molar-refractivity contribution in [3.8, 4) is 17.0 Å². The first-order chi connectivity index (χ1) is 11.2. The molecule has 0 spiro atoms. The molecule has 0 bridgehead atoms. The molecule has 1 aliphatic heterocycles. The molecular formula is C15H15N3O3S2. The maximum atomic E-state index is 12.0. The third kappa shape index (κ3) is 3.83. The van der Waals surface area contributed by atoms with Crippen molar-refractivity contribution in [1.29, 1.82) is 0 Å². The van der Waals surface area contributed by atoms with Gasteiger partial charge in [-0.25, -0.2) is 4.98 Å².